The van der Waals surface area contributed by atoms with Gasteiger partial charge in [0.2, 0.25) is 0 Å². The van der Waals surface area contributed by atoms with Gasteiger partial charge in [-0.2, -0.15) is 0 Å². The Morgan fingerprint density at radius 2 is 1.87 bits per heavy atom. The molecule has 0 spiro atoms. The van der Waals surface area contributed by atoms with Crippen molar-refractivity contribution in [3.8, 4) is 0 Å². The zero-order valence-electron chi connectivity index (χ0n) is 13.3. The largest absolute Gasteiger partial charge is 0.396 e. The second-order valence-electron chi connectivity index (χ2n) is 5.89. The van der Waals surface area contributed by atoms with Crippen LogP contribution in [0.3, 0.4) is 0 Å². The van der Waals surface area contributed by atoms with Crippen molar-refractivity contribution in [2.45, 2.75) is 25.8 Å². The van der Waals surface area contributed by atoms with Crippen LogP contribution in [0, 0.1) is 0 Å². The minimum absolute atomic E-state index is 0.106. The summed E-state index contributed by atoms with van der Waals surface area (Å²) < 4.78 is 0. The van der Waals surface area contributed by atoms with Crippen LogP contribution in [0.25, 0.3) is 0 Å². The van der Waals surface area contributed by atoms with E-state index in [1.165, 1.54) is 0 Å². The number of aliphatic hydroxyl groups excluding tert-OH is 1. The molecule has 2 aromatic rings. The maximum absolute atomic E-state index is 12.2. The lowest BCUT2D eigenvalue weighted by Gasteiger charge is -2.27. The monoisotopic (exact) mass is 332 g/mol. The highest BCUT2D eigenvalue weighted by atomic mass is 35.5. The molecule has 5 heteroatoms. The summed E-state index contributed by atoms with van der Waals surface area (Å²) >= 11 is 5.83. The van der Waals surface area contributed by atoms with Gasteiger partial charge in [-0.1, -0.05) is 35.9 Å². The normalized spacial score (nSPS) is 11.1. The number of amides is 2. The smallest absolute Gasteiger partial charge is 0.319 e. The molecule has 0 aliphatic heterocycles. The molecule has 2 amide bonds. The standard InChI is InChI=1S/C18H21ClN2O2/c1-18(2,14-5-3-4-13(12-14)10-11-22)21-17(23)20-16-8-6-15(19)7-9-16/h3-9,12,22H,10-11H2,1-2H3,(H2,20,21,23). The Morgan fingerprint density at radius 3 is 2.52 bits per heavy atom. The van der Waals surface area contributed by atoms with Crippen LogP contribution in [0.4, 0.5) is 10.5 Å². The number of hydrogen-bond donors (Lipinski definition) is 3. The Bertz CT molecular complexity index is 669. The van der Waals surface area contributed by atoms with Gasteiger partial charge in [0, 0.05) is 17.3 Å². The van der Waals surface area contributed by atoms with E-state index in [9.17, 15) is 4.79 Å². The van der Waals surface area contributed by atoms with Crippen molar-refractivity contribution in [2.24, 2.45) is 0 Å². The molecule has 0 saturated heterocycles. The fourth-order valence-electron chi connectivity index (χ4n) is 2.30. The highest BCUT2D eigenvalue weighted by molar-refractivity contribution is 6.30. The lowest BCUT2D eigenvalue weighted by atomic mass is 9.92. The van der Waals surface area contributed by atoms with Crippen LogP contribution in [-0.4, -0.2) is 17.7 Å². The molecule has 4 nitrogen and oxygen atoms in total. The first kappa shape index (κ1) is 17.3. The topological polar surface area (TPSA) is 61.4 Å². The van der Waals surface area contributed by atoms with Crippen LogP contribution in [0.5, 0.6) is 0 Å². The SMILES string of the molecule is CC(C)(NC(=O)Nc1ccc(Cl)cc1)c1cccc(CCO)c1. The molecule has 2 rings (SSSR count). The minimum Gasteiger partial charge on any atom is -0.396 e. The first-order valence-electron chi connectivity index (χ1n) is 7.46. The van der Waals surface area contributed by atoms with Crippen molar-refractivity contribution in [3.63, 3.8) is 0 Å². The van der Waals surface area contributed by atoms with E-state index >= 15 is 0 Å². The fourth-order valence-corrected chi connectivity index (χ4v) is 2.42. The van der Waals surface area contributed by atoms with Gasteiger partial charge in [0.1, 0.15) is 0 Å². The lowest BCUT2D eigenvalue weighted by molar-refractivity contribution is 0.242. The number of carbonyl (C=O) groups excluding carboxylic acids is 1. The number of aliphatic hydroxyl groups is 1. The number of anilines is 1. The van der Waals surface area contributed by atoms with E-state index in [1.807, 2.05) is 38.1 Å². The predicted octanol–water partition coefficient (Wildman–Crippen LogP) is 3.93. The van der Waals surface area contributed by atoms with E-state index in [2.05, 4.69) is 10.6 Å². The van der Waals surface area contributed by atoms with Crippen molar-refractivity contribution >= 4 is 23.3 Å². The molecule has 0 fully saturated rings. The fraction of sp³-hybridized carbons (Fsp3) is 0.278. The van der Waals surface area contributed by atoms with Gasteiger partial charge in [0.15, 0.2) is 0 Å². The molecule has 0 aliphatic rings. The summed E-state index contributed by atoms with van der Waals surface area (Å²) in [6.07, 6.45) is 0.598. The van der Waals surface area contributed by atoms with Gasteiger partial charge in [-0.05, 0) is 55.7 Å². The number of halogens is 1. The Morgan fingerprint density at radius 1 is 1.17 bits per heavy atom. The first-order valence-corrected chi connectivity index (χ1v) is 7.83. The molecule has 122 valence electrons. The number of urea groups is 1. The van der Waals surface area contributed by atoms with Gasteiger partial charge in [-0.25, -0.2) is 4.79 Å². The van der Waals surface area contributed by atoms with Crippen molar-refractivity contribution in [1.29, 1.82) is 0 Å². The molecule has 0 unspecified atom stereocenters. The molecule has 0 aromatic heterocycles. The Hall–Kier alpha value is -2.04. The van der Waals surface area contributed by atoms with E-state index in [0.717, 1.165) is 11.1 Å². The van der Waals surface area contributed by atoms with Gasteiger partial charge >= 0.3 is 6.03 Å². The van der Waals surface area contributed by atoms with E-state index in [0.29, 0.717) is 17.1 Å². The quantitative estimate of drug-likeness (QED) is 0.776. The van der Waals surface area contributed by atoms with E-state index in [1.54, 1.807) is 24.3 Å². The van der Waals surface area contributed by atoms with Crippen LogP contribution in [0.1, 0.15) is 25.0 Å². The van der Waals surface area contributed by atoms with Crippen LogP contribution in [0.2, 0.25) is 5.02 Å². The predicted molar refractivity (Wildman–Crippen MR) is 93.9 cm³/mol. The Balaban J connectivity index is 2.06. The summed E-state index contributed by atoms with van der Waals surface area (Å²) in [5.74, 6) is 0. The maximum Gasteiger partial charge on any atom is 0.319 e. The number of nitrogens with one attached hydrogen (secondary N) is 2. The summed E-state index contributed by atoms with van der Waals surface area (Å²) in [7, 11) is 0. The summed E-state index contributed by atoms with van der Waals surface area (Å²) in [6, 6.07) is 14.5. The molecule has 0 aliphatic carbocycles. The molecule has 0 heterocycles. The summed E-state index contributed by atoms with van der Waals surface area (Å²) in [5, 5.41) is 15.4. The van der Waals surface area contributed by atoms with E-state index in [-0.39, 0.29) is 12.6 Å². The highest BCUT2D eigenvalue weighted by Gasteiger charge is 2.23. The molecule has 0 saturated carbocycles. The van der Waals surface area contributed by atoms with Gasteiger partial charge in [-0.3, -0.25) is 0 Å². The third-order valence-electron chi connectivity index (χ3n) is 3.58. The molecule has 23 heavy (non-hydrogen) atoms. The van der Waals surface area contributed by atoms with Gasteiger partial charge in [0.25, 0.3) is 0 Å². The van der Waals surface area contributed by atoms with Crippen molar-refractivity contribution < 1.29 is 9.90 Å². The maximum atomic E-state index is 12.2. The third-order valence-corrected chi connectivity index (χ3v) is 3.83. The second-order valence-corrected chi connectivity index (χ2v) is 6.32. The van der Waals surface area contributed by atoms with Crippen LogP contribution in [0.15, 0.2) is 48.5 Å². The van der Waals surface area contributed by atoms with E-state index < -0.39 is 5.54 Å². The summed E-state index contributed by atoms with van der Waals surface area (Å²) in [4.78, 5) is 12.2. The van der Waals surface area contributed by atoms with Crippen molar-refractivity contribution in [3.05, 3.63) is 64.7 Å². The average Bonchev–Trinajstić information content (AvgIpc) is 2.50. The zero-order chi connectivity index (χ0) is 16.9. The third kappa shape index (κ3) is 4.98. The molecule has 0 radical (unpaired) electrons. The molecule has 0 bridgehead atoms. The van der Waals surface area contributed by atoms with Crippen LogP contribution in [-0.2, 0) is 12.0 Å². The molecule has 0 atom stereocenters. The number of rotatable bonds is 5. The zero-order valence-corrected chi connectivity index (χ0v) is 14.0. The molecule has 2 aromatic carbocycles. The number of hydrogen-bond acceptors (Lipinski definition) is 2. The Labute approximate surface area is 141 Å². The molecular weight excluding hydrogens is 312 g/mol. The summed E-state index contributed by atoms with van der Waals surface area (Å²) in [5.41, 5.74) is 2.16. The van der Waals surface area contributed by atoms with E-state index in [4.69, 9.17) is 16.7 Å². The number of benzene rings is 2. The van der Waals surface area contributed by atoms with Crippen LogP contribution < -0.4 is 10.6 Å². The van der Waals surface area contributed by atoms with Crippen molar-refractivity contribution in [2.75, 3.05) is 11.9 Å². The summed E-state index contributed by atoms with van der Waals surface area (Å²) in [6.45, 7) is 3.98. The second kappa shape index (κ2) is 7.49. The van der Waals surface area contributed by atoms with Gasteiger partial charge < -0.3 is 15.7 Å². The number of carbonyl (C=O) groups is 1. The van der Waals surface area contributed by atoms with Gasteiger partial charge in [0.05, 0.1) is 5.54 Å². The molecule has 3 N–H and O–H groups in total. The first-order chi connectivity index (χ1) is 10.9. The lowest BCUT2D eigenvalue weighted by Crippen LogP contribution is -2.43. The van der Waals surface area contributed by atoms with Gasteiger partial charge in [-0.15, -0.1) is 0 Å². The van der Waals surface area contributed by atoms with Crippen LogP contribution >= 0.6 is 11.6 Å². The highest BCUT2D eigenvalue weighted by Crippen LogP contribution is 2.22. The van der Waals surface area contributed by atoms with Crippen molar-refractivity contribution in [1.82, 2.24) is 5.32 Å². The molecular formula is C18H21ClN2O2. The average molecular weight is 333 g/mol. The Kier molecular flexibility index (Phi) is 5.64. The minimum atomic E-state index is -0.540.